The molecule has 0 saturated carbocycles. The van der Waals surface area contributed by atoms with Crippen LogP contribution in [0.4, 0.5) is 0 Å². The number of rotatable bonds is 2. The van der Waals surface area contributed by atoms with Gasteiger partial charge in [-0.3, -0.25) is 0 Å². The van der Waals surface area contributed by atoms with Crippen LogP contribution in [0.15, 0.2) is 18.3 Å². The maximum atomic E-state index is 5.24. The molecule has 0 saturated heterocycles. The zero-order valence-electron chi connectivity index (χ0n) is 5.79. The average Bonchev–Trinajstić information content (AvgIpc) is 2.18. The highest BCUT2D eigenvalue weighted by Crippen LogP contribution is 2.08. The van der Waals surface area contributed by atoms with Crippen LogP contribution in [0, 0.1) is 0 Å². The van der Waals surface area contributed by atoms with E-state index in [4.69, 9.17) is 4.74 Å². The van der Waals surface area contributed by atoms with E-state index < -0.39 is 0 Å². The van der Waals surface area contributed by atoms with Gasteiger partial charge in [0.25, 0.3) is 0 Å². The van der Waals surface area contributed by atoms with E-state index in [9.17, 15) is 0 Å². The molecule has 0 spiro atoms. The molecule has 2 nitrogen and oxygen atoms in total. The third-order valence-corrected chi connectivity index (χ3v) is 1.19. The fourth-order valence-electron chi connectivity index (χ4n) is 0.743. The number of hydrogen-bond acceptors (Lipinski definition) is 1. The van der Waals surface area contributed by atoms with Crippen molar-refractivity contribution in [2.75, 3.05) is 6.61 Å². The topological polar surface area (TPSA) is 14.2 Å². The van der Waals surface area contributed by atoms with Gasteiger partial charge < -0.3 is 9.30 Å². The summed E-state index contributed by atoms with van der Waals surface area (Å²) in [6, 6.07) is 3.91. The molecule has 1 aromatic heterocycles. The Morgan fingerprint density at radius 1 is 1.67 bits per heavy atom. The van der Waals surface area contributed by atoms with E-state index >= 15 is 0 Å². The molecule has 9 heavy (non-hydrogen) atoms. The van der Waals surface area contributed by atoms with Gasteiger partial charge in [0.05, 0.1) is 6.61 Å². The summed E-state index contributed by atoms with van der Waals surface area (Å²) in [5, 5.41) is 0. The van der Waals surface area contributed by atoms with Gasteiger partial charge >= 0.3 is 0 Å². The molecule has 0 aliphatic rings. The Morgan fingerprint density at radius 2 is 2.44 bits per heavy atom. The van der Waals surface area contributed by atoms with Crippen molar-refractivity contribution in [2.45, 2.75) is 6.92 Å². The molecule has 0 radical (unpaired) electrons. The summed E-state index contributed by atoms with van der Waals surface area (Å²) in [6.07, 6.45) is 1.96. The van der Waals surface area contributed by atoms with Gasteiger partial charge in [-0.05, 0) is 19.1 Å². The molecule has 0 aliphatic heterocycles. The molecule has 0 amide bonds. The van der Waals surface area contributed by atoms with Gasteiger partial charge in [0.2, 0.25) is 0 Å². The van der Waals surface area contributed by atoms with E-state index in [1.807, 2.05) is 36.9 Å². The Labute approximate surface area is 55.1 Å². The van der Waals surface area contributed by atoms with Crippen molar-refractivity contribution in [1.82, 2.24) is 4.57 Å². The first-order chi connectivity index (χ1) is 4.34. The summed E-state index contributed by atoms with van der Waals surface area (Å²) in [4.78, 5) is 0. The van der Waals surface area contributed by atoms with Gasteiger partial charge in [-0.25, -0.2) is 0 Å². The van der Waals surface area contributed by atoms with Crippen molar-refractivity contribution < 1.29 is 4.74 Å². The van der Waals surface area contributed by atoms with Crippen LogP contribution in [0.5, 0.6) is 5.88 Å². The summed E-state index contributed by atoms with van der Waals surface area (Å²) < 4.78 is 7.19. The molecule has 0 atom stereocenters. The predicted octanol–water partition coefficient (Wildman–Crippen LogP) is 1.42. The summed E-state index contributed by atoms with van der Waals surface area (Å²) in [5.41, 5.74) is 0. The molecule has 2 heteroatoms. The maximum absolute atomic E-state index is 5.24. The van der Waals surface area contributed by atoms with Crippen molar-refractivity contribution in [3.8, 4) is 5.88 Å². The lowest BCUT2D eigenvalue weighted by Gasteiger charge is -2.01. The van der Waals surface area contributed by atoms with Crippen LogP contribution in [0.25, 0.3) is 0 Å². The second kappa shape index (κ2) is 2.58. The van der Waals surface area contributed by atoms with Gasteiger partial charge in [-0.15, -0.1) is 0 Å². The van der Waals surface area contributed by atoms with Crippen LogP contribution in [0.3, 0.4) is 0 Å². The summed E-state index contributed by atoms with van der Waals surface area (Å²) >= 11 is 0. The van der Waals surface area contributed by atoms with Gasteiger partial charge in [0.1, 0.15) is 0 Å². The third kappa shape index (κ3) is 1.25. The highest BCUT2D eigenvalue weighted by Gasteiger charge is 1.92. The van der Waals surface area contributed by atoms with Crippen LogP contribution in [0.1, 0.15) is 6.92 Å². The lowest BCUT2D eigenvalue weighted by molar-refractivity contribution is 0.315. The van der Waals surface area contributed by atoms with Crippen molar-refractivity contribution in [3.63, 3.8) is 0 Å². The van der Waals surface area contributed by atoms with Crippen molar-refractivity contribution in [3.05, 3.63) is 18.3 Å². The van der Waals surface area contributed by atoms with Crippen LogP contribution >= 0.6 is 0 Å². The van der Waals surface area contributed by atoms with E-state index in [1.165, 1.54) is 0 Å². The molecule has 1 heterocycles. The van der Waals surface area contributed by atoms with Crippen LogP contribution in [0.2, 0.25) is 0 Å². The van der Waals surface area contributed by atoms with Crippen LogP contribution in [-0.4, -0.2) is 11.2 Å². The second-order valence-corrected chi connectivity index (χ2v) is 1.89. The first-order valence-electron chi connectivity index (χ1n) is 3.08. The Balaban J connectivity index is 2.69. The summed E-state index contributed by atoms with van der Waals surface area (Å²) in [5.74, 6) is 0.928. The van der Waals surface area contributed by atoms with Crippen molar-refractivity contribution in [1.29, 1.82) is 0 Å². The standard InChI is InChI=1S/C7H11NO/c1-3-9-7-5-4-6-8(7)2/h4-6H,3H2,1-2H3. The quantitative estimate of drug-likeness (QED) is 0.583. The van der Waals surface area contributed by atoms with Crippen molar-refractivity contribution in [2.24, 2.45) is 7.05 Å². The highest BCUT2D eigenvalue weighted by molar-refractivity contribution is 5.12. The molecule has 0 aliphatic carbocycles. The highest BCUT2D eigenvalue weighted by atomic mass is 16.5. The second-order valence-electron chi connectivity index (χ2n) is 1.89. The molecular formula is C7H11NO. The van der Waals surface area contributed by atoms with Crippen LogP contribution in [-0.2, 0) is 7.05 Å². The van der Waals surface area contributed by atoms with Gasteiger partial charge in [0, 0.05) is 13.2 Å². The molecule has 0 unspecified atom stereocenters. The fourth-order valence-corrected chi connectivity index (χ4v) is 0.743. The molecule has 50 valence electrons. The number of aromatic nitrogens is 1. The molecule has 1 rings (SSSR count). The predicted molar refractivity (Wildman–Crippen MR) is 36.6 cm³/mol. The van der Waals surface area contributed by atoms with Gasteiger partial charge in [0.15, 0.2) is 5.88 Å². The van der Waals surface area contributed by atoms with E-state index in [1.54, 1.807) is 0 Å². The number of hydrogen-bond donors (Lipinski definition) is 0. The average molecular weight is 125 g/mol. The first-order valence-corrected chi connectivity index (χ1v) is 3.08. The van der Waals surface area contributed by atoms with Crippen LogP contribution < -0.4 is 4.74 Å². The van der Waals surface area contributed by atoms with E-state index in [-0.39, 0.29) is 0 Å². The summed E-state index contributed by atoms with van der Waals surface area (Å²) in [7, 11) is 1.96. The van der Waals surface area contributed by atoms with Gasteiger partial charge in [-0.2, -0.15) is 0 Å². The Kier molecular flexibility index (Phi) is 1.78. The Morgan fingerprint density at radius 3 is 2.89 bits per heavy atom. The number of ether oxygens (including phenoxy) is 1. The lowest BCUT2D eigenvalue weighted by atomic mass is 10.6. The minimum atomic E-state index is 0.734. The molecular weight excluding hydrogens is 114 g/mol. The molecule has 0 fully saturated rings. The Hall–Kier alpha value is -0.920. The minimum Gasteiger partial charge on any atom is -0.479 e. The SMILES string of the molecule is CCOc1cccn1C. The maximum Gasteiger partial charge on any atom is 0.193 e. The largest absolute Gasteiger partial charge is 0.479 e. The zero-order chi connectivity index (χ0) is 6.69. The third-order valence-electron chi connectivity index (χ3n) is 1.19. The number of aryl methyl sites for hydroxylation is 1. The zero-order valence-corrected chi connectivity index (χ0v) is 5.79. The number of nitrogens with zero attached hydrogens (tertiary/aromatic N) is 1. The molecule has 0 aromatic carbocycles. The normalized spacial score (nSPS) is 9.56. The monoisotopic (exact) mass is 125 g/mol. The van der Waals surface area contributed by atoms with Crippen molar-refractivity contribution >= 4 is 0 Å². The minimum absolute atomic E-state index is 0.734. The molecule has 1 aromatic rings. The molecule has 0 N–H and O–H groups in total. The van der Waals surface area contributed by atoms with E-state index in [2.05, 4.69) is 0 Å². The van der Waals surface area contributed by atoms with E-state index in [0.717, 1.165) is 12.5 Å². The Bertz CT molecular complexity index is 181. The lowest BCUT2D eigenvalue weighted by Crippen LogP contribution is -1.96. The fraction of sp³-hybridized carbons (Fsp3) is 0.429. The first kappa shape index (κ1) is 6.20. The van der Waals surface area contributed by atoms with Gasteiger partial charge in [-0.1, -0.05) is 0 Å². The molecule has 0 bridgehead atoms. The van der Waals surface area contributed by atoms with E-state index in [0.29, 0.717) is 0 Å². The summed E-state index contributed by atoms with van der Waals surface area (Å²) in [6.45, 7) is 2.71. The smallest absolute Gasteiger partial charge is 0.193 e.